The molecule has 4 rings (SSSR count). The van der Waals surface area contributed by atoms with Gasteiger partial charge in [0.25, 0.3) is 0 Å². The van der Waals surface area contributed by atoms with Crippen LogP contribution in [0.4, 0.5) is 16.2 Å². The van der Waals surface area contributed by atoms with Crippen molar-refractivity contribution in [2.24, 2.45) is 0 Å². The minimum Gasteiger partial charge on any atom is -0.457 e. The van der Waals surface area contributed by atoms with E-state index in [1.54, 1.807) is 24.3 Å². The van der Waals surface area contributed by atoms with Crippen molar-refractivity contribution < 1.29 is 9.53 Å². The number of nitrogens with zero attached hydrogens (tertiary/aromatic N) is 2. The maximum Gasteiger partial charge on any atom is 0.323 e. The van der Waals surface area contributed by atoms with Crippen LogP contribution >= 0.6 is 0 Å². The Balaban J connectivity index is 1.40. The second-order valence-electron chi connectivity index (χ2n) is 6.62. The largest absolute Gasteiger partial charge is 0.457 e. The summed E-state index contributed by atoms with van der Waals surface area (Å²) < 4.78 is 5.75. The van der Waals surface area contributed by atoms with Crippen molar-refractivity contribution in [1.82, 2.24) is 9.97 Å². The highest BCUT2D eigenvalue weighted by molar-refractivity contribution is 6.00. The number of aromatic nitrogens is 2. The van der Waals surface area contributed by atoms with Gasteiger partial charge in [0.2, 0.25) is 0 Å². The number of ether oxygens (including phenoxy) is 1. The highest BCUT2D eigenvalue weighted by Crippen LogP contribution is 2.23. The molecule has 0 aliphatic carbocycles. The van der Waals surface area contributed by atoms with Crippen molar-refractivity contribution in [3.05, 3.63) is 84.2 Å². The summed E-state index contributed by atoms with van der Waals surface area (Å²) in [6.45, 7) is 3.84. The Kier molecular flexibility index (Phi) is 5.07. The van der Waals surface area contributed by atoms with Crippen molar-refractivity contribution in [3.63, 3.8) is 0 Å². The number of nitrogens with one attached hydrogen (secondary N) is 2. The summed E-state index contributed by atoms with van der Waals surface area (Å²) >= 11 is 0. The van der Waals surface area contributed by atoms with Gasteiger partial charge in [-0.2, -0.15) is 0 Å². The highest BCUT2D eigenvalue weighted by Gasteiger charge is 2.07. The summed E-state index contributed by atoms with van der Waals surface area (Å²) in [5.74, 6) is 1.46. The van der Waals surface area contributed by atoms with Crippen molar-refractivity contribution in [2.45, 2.75) is 13.8 Å². The molecule has 1 aromatic heterocycles. The summed E-state index contributed by atoms with van der Waals surface area (Å²) in [5, 5.41) is 5.63. The number of hydrogen-bond donors (Lipinski definition) is 2. The van der Waals surface area contributed by atoms with Gasteiger partial charge >= 0.3 is 6.03 Å². The fraction of sp³-hybridized carbons (Fsp3) is 0.0870. The third-order valence-electron chi connectivity index (χ3n) is 4.42. The first kappa shape index (κ1) is 18.4. The molecule has 2 amide bonds. The SMILES string of the molecule is Cc1nc2ccc(NC(=O)Nc3ccc(Oc4ccccc4)cc3)cc2nc1C. The Hall–Kier alpha value is -3.93. The van der Waals surface area contributed by atoms with Gasteiger partial charge in [-0.1, -0.05) is 18.2 Å². The molecule has 1 heterocycles. The molecule has 0 radical (unpaired) electrons. The fourth-order valence-electron chi connectivity index (χ4n) is 2.83. The molecule has 0 unspecified atom stereocenters. The zero-order valence-electron chi connectivity index (χ0n) is 16.1. The lowest BCUT2D eigenvalue weighted by Crippen LogP contribution is -2.19. The number of aryl methyl sites for hydroxylation is 2. The van der Waals surface area contributed by atoms with Gasteiger partial charge in [-0.05, 0) is 68.4 Å². The van der Waals surface area contributed by atoms with E-state index in [1.165, 1.54) is 0 Å². The number of rotatable bonds is 4. The Labute approximate surface area is 168 Å². The van der Waals surface area contributed by atoms with Crippen LogP contribution < -0.4 is 15.4 Å². The minimum atomic E-state index is -0.335. The van der Waals surface area contributed by atoms with Crippen molar-refractivity contribution >= 4 is 28.4 Å². The van der Waals surface area contributed by atoms with E-state index in [0.29, 0.717) is 17.1 Å². The lowest BCUT2D eigenvalue weighted by atomic mass is 10.2. The molecule has 0 fully saturated rings. The second kappa shape index (κ2) is 7.98. The van der Waals surface area contributed by atoms with Crippen LogP contribution in [0.1, 0.15) is 11.4 Å². The molecule has 4 aromatic rings. The molecule has 6 nitrogen and oxygen atoms in total. The summed E-state index contributed by atoms with van der Waals surface area (Å²) in [4.78, 5) is 21.3. The number of hydrogen-bond acceptors (Lipinski definition) is 4. The van der Waals surface area contributed by atoms with Crippen LogP contribution in [-0.4, -0.2) is 16.0 Å². The van der Waals surface area contributed by atoms with E-state index in [1.807, 2.05) is 62.4 Å². The highest BCUT2D eigenvalue weighted by atomic mass is 16.5. The Bertz CT molecular complexity index is 1160. The molecule has 0 atom stereocenters. The Morgan fingerprint density at radius 3 is 2.03 bits per heavy atom. The zero-order chi connectivity index (χ0) is 20.2. The smallest absolute Gasteiger partial charge is 0.323 e. The van der Waals surface area contributed by atoms with E-state index in [4.69, 9.17) is 4.74 Å². The van der Waals surface area contributed by atoms with Gasteiger partial charge in [0.1, 0.15) is 11.5 Å². The molecule has 0 bridgehead atoms. The monoisotopic (exact) mass is 384 g/mol. The number of carbonyl (C=O) groups excluding carboxylic acids is 1. The van der Waals surface area contributed by atoms with Crippen LogP contribution in [0.25, 0.3) is 11.0 Å². The van der Waals surface area contributed by atoms with E-state index in [-0.39, 0.29) is 6.03 Å². The molecule has 0 aliphatic rings. The van der Waals surface area contributed by atoms with E-state index in [2.05, 4.69) is 20.6 Å². The number of urea groups is 1. The molecule has 2 N–H and O–H groups in total. The lowest BCUT2D eigenvalue weighted by Gasteiger charge is -2.10. The summed E-state index contributed by atoms with van der Waals surface area (Å²) in [5.41, 5.74) is 4.63. The van der Waals surface area contributed by atoms with Crippen LogP contribution in [0.3, 0.4) is 0 Å². The topological polar surface area (TPSA) is 76.1 Å². The zero-order valence-corrected chi connectivity index (χ0v) is 16.1. The van der Waals surface area contributed by atoms with Crippen LogP contribution in [0.5, 0.6) is 11.5 Å². The molecule has 0 saturated carbocycles. The van der Waals surface area contributed by atoms with E-state index < -0.39 is 0 Å². The van der Waals surface area contributed by atoms with Gasteiger partial charge < -0.3 is 15.4 Å². The molecular formula is C23H20N4O2. The molecule has 0 aliphatic heterocycles. The summed E-state index contributed by atoms with van der Waals surface area (Å²) in [6, 6.07) is 21.8. The number of carbonyl (C=O) groups is 1. The normalized spacial score (nSPS) is 10.6. The average molecular weight is 384 g/mol. The minimum absolute atomic E-state index is 0.335. The van der Waals surface area contributed by atoms with Gasteiger partial charge in [0, 0.05) is 11.4 Å². The van der Waals surface area contributed by atoms with Gasteiger partial charge in [0.05, 0.1) is 22.4 Å². The predicted molar refractivity (Wildman–Crippen MR) is 115 cm³/mol. The second-order valence-corrected chi connectivity index (χ2v) is 6.62. The van der Waals surface area contributed by atoms with Crippen LogP contribution in [0.2, 0.25) is 0 Å². The Morgan fingerprint density at radius 2 is 1.31 bits per heavy atom. The van der Waals surface area contributed by atoms with E-state index in [9.17, 15) is 4.79 Å². The van der Waals surface area contributed by atoms with Crippen LogP contribution in [-0.2, 0) is 0 Å². The van der Waals surface area contributed by atoms with Gasteiger partial charge in [0.15, 0.2) is 0 Å². The number of fused-ring (bicyclic) bond motifs is 1. The molecule has 0 saturated heterocycles. The molecule has 6 heteroatoms. The summed E-state index contributed by atoms with van der Waals surface area (Å²) in [6.07, 6.45) is 0. The lowest BCUT2D eigenvalue weighted by molar-refractivity contribution is 0.262. The predicted octanol–water partition coefficient (Wildman–Crippen LogP) is 5.68. The van der Waals surface area contributed by atoms with E-state index in [0.717, 1.165) is 28.2 Å². The summed E-state index contributed by atoms with van der Waals surface area (Å²) in [7, 11) is 0. The van der Waals surface area contributed by atoms with E-state index >= 15 is 0 Å². The fourth-order valence-corrected chi connectivity index (χ4v) is 2.83. The Morgan fingerprint density at radius 1 is 0.724 bits per heavy atom. The third-order valence-corrected chi connectivity index (χ3v) is 4.42. The number of anilines is 2. The van der Waals surface area contributed by atoms with Gasteiger partial charge in [-0.15, -0.1) is 0 Å². The molecule has 144 valence electrons. The molecule has 0 spiro atoms. The van der Waals surface area contributed by atoms with Crippen LogP contribution in [0, 0.1) is 13.8 Å². The van der Waals surface area contributed by atoms with Gasteiger partial charge in [-0.25, -0.2) is 14.8 Å². The van der Waals surface area contributed by atoms with Gasteiger partial charge in [-0.3, -0.25) is 0 Å². The standard InChI is InChI=1S/C23H20N4O2/c1-15-16(2)25-22-14-18(10-13-21(22)24-15)27-23(28)26-17-8-11-20(12-9-17)29-19-6-4-3-5-7-19/h3-14H,1-2H3,(H2,26,27,28). The number of amides is 2. The molecular weight excluding hydrogens is 364 g/mol. The van der Waals surface area contributed by atoms with Crippen molar-refractivity contribution in [1.29, 1.82) is 0 Å². The quantitative estimate of drug-likeness (QED) is 0.474. The average Bonchev–Trinajstić information content (AvgIpc) is 2.71. The first-order valence-corrected chi connectivity index (χ1v) is 9.23. The van der Waals surface area contributed by atoms with Crippen molar-refractivity contribution in [3.8, 4) is 11.5 Å². The maximum atomic E-state index is 12.3. The number of benzene rings is 3. The number of para-hydroxylation sites is 1. The molecule has 29 heavy (non-hydrogen) atoms. The maximum absolute atomic E-state index is 12.3. The molecule has 3 aromatic carbocycles. The van der Waals surface area contributed by atoms with Crippen molar-refractivity contribution in [2.75, 3.05) is 10.6 Å². The first-order chi connectivity index (χ1) is 14.1. The van der Waals surface area contributed by atoms with Crippen LogP contribution in [0.15, 0.2) is 72.8 Å². The third kappa shape index (κ3) is 4.50. The first-order valence-electron chi connectivity index (χ1n) is 9.23.